The van der Waals surface area contributed by atoms with Crippen molar-refractivity contribution < 1.29 is 13.2 Å². The maximum atomic E-state index is 12.1. The van der Waals surface area contributed by atoms with Gasteiger partial charge >= 0.3 is 0 Å². The Morgan fingerprint density at radius 2 is 1.77 bits per heavy atom. The van der Waals surface area contributed by atoms with E-state index in [2.05, 4.69) is 5.10 Å². The smallest absolute Gasteiger partial charge is 0.286 e. The van der Waals surface area contributed by atoms with Crippen LogP contribution in [0.25, 0.3) is 11.3 Å². The minimum Gasteiger partial charge on any atom is -0.294 e. The van der Waals surface area contributed by atoms with Crippen LogP contribution in [0, 0.1) is 0 Å². The number of hydrogen-bond acceptors (Lipinski definition) is 5. The van der Waals surface area contributed by atoms with Crippen molar-refractivity contribution in [2.45, 2.75) is 11.8 Å². The fraction of sp³-hybridized carbons (Fsp3) is 0.214. The van der Waals surface area contributed by atoms with E-state index in [1.165, 1.54) is 14.0 Å². The molecule has 0 spiro atoms. The summed E-state index contributed by atoms with van der Waals surface area (Å²) in [5.41, 5.74) is -0.403. The number of halogens is 1. The van der Waals surface area contributed by atoms with Crippen LogP contribution in [0.2, 0.25) is 5.02 Å². The van der Waals surface area contributed by atoms with Gasteiger partial charge < -0.3 is 0 Å². The number of aromatic nitrogens is 2. The van der Waals surface area contributed by atoms with E-state index in [-0.39, 0.29) is 11.3 Å². The monoisotopic (exact) mass is 340 g/mol. The van der Waals surface area contributed by atoms with Crippen LogP contribution < -0.4 is 5.56 Å². The number of carbonyl (C=O) groups excluding carboxylic acids is 1. The summed E-state index contributed by atoms with van der Waals surface area (Å²) in [6, 6.07) is 6.39. The minimum atomic E-state index is -3.89. The molecule has 0 saturated heterocycles. The van der Waals surface area contributed by atoms with Gasteiger partial charge in [-0.15, -0.1) is 0 Å². The molecule has 2 rings (SSSR count). The van der Waals surface area contributed by atoms with Crippen LogP contribution in [-0.4, -0.2) is 30.2 Å². The Morgan fingerprint density at radius 1 is 1.23 bits per heavy atom. The molecule has 116 valence electrons. The molecule has 0 saturated carbocycles. The summed E-state index contributed by atoms with van der Waals surface area (Å²) >= 11 is 5.82. The number of ketones is 1. The van der Waals surface area contributed by atoms with Crippen LogP contribution in [0.5, 0.6) is 0 Å². The molecule has 2 aromatic rings. The van der Waals surface area contributed by atoms with Gasteiger partial charge in [-0.05, 0) is 19.1 Å². The number of sulfone groups is 1. The third-order valence-corrected chi connectivity index (χ3v) is 4.41. The Bertz CT molecular complexity index is 915. The number of nitrogens with zero attached hydrogens (tertiary/aromatic N) is 2. The van der Waals surface area contributed by atoms with Crippen molar-refractivity contribution in [3.05, 3.63) is 45.2 Å². The molecule has 1 aromatic heterocycles. The Morgan fingerprint density at radius 3 is 2.23 bits per heavy atom. The van der Waals surface area contributed by atoms with Gasteiger partial charge in [-0.25, -0.2) is 13.1 Å². The van der Waals surface area contributed by atoms with E-state index in [0.717, 1.165) is 10.9 Å². The quantitative estimate of drug-likeness (QED) is 0.794. The van der Waals surface area contributed by atoms with Gasteiger partial charge in [0.15, 0.2) is 15.6 Å². The Labute approximate surface area is 132 Å². The third-order valence-electron chi connectivity index (χ3n) is 3.04. The van der Waals surface area contributed by atoms with Crippen molar-refractivity contribution in [1.29, 1.82) is 0 Å². The summed E-state index contributed by atoms with van der Waals surface area (Å²) < 4.78 is 24.8. The highest BCUT2D eigenvalue weighted by Crippen LogP contribution is 2.26. The third kappa shape index (κ3) is 2.95. The highest BCUT2D eigenvalue weighted by molar-refractivity contribution is 7.90. The van der Waals surface area contributed by atoms with E-state index in [4.69, 9.17) is 11.6 Å². The van der Waals surface area contributed by atoms with Gasteiger partial charge in [0.1, 0.15) is 10.6 Å². The molecule has 1 aromatic carbocycles. The van der Waals surface area contributed by atoms with E-state index < -0.39 is 26.1 Å². The zero-order chi connectivity index (χ0) is 16.7. The van der Waals surface area contributed by atoms with Crippen LogP contribution >= 0.6 is 11.6 Å². The number of aryl methyl sites for hydroxylation is 1. The molecule has 6 nitrogen and oxygen atoms in total. The van der Waals surface area contributed by atoms with E-state index in [9.17, 15) is 18.0 Å². The summed E-state index contributed by atoms with van der Waals surface area (Å²) in [6.07, 6.45) is 0.891. The predicted octanol–water partition coefficient (Wildman–Crippen LogP) is 1.71. The second-order valence-corrected chi connectivity index (χ2v) is 7.21. The molecule has 0 unspecified atom stereocenters. The summed E-state index contributed by atoms with van der Waals surface area (Å²) in [5, 5.41) is 4.53. The van der Waals surface area contributed by atoms with Gasteiger partial charge in [0.25, 0.3) is 5.56 Å². The molecule has 0 amide bonds. The molecule has 0 radical (unpaired) electrons. The minimum absolute atomic E-state index is 0.131. The number of carbonyl (C=O) groups is 1. The maximum Gasteiger partial charge on any atom is 0.286 e. The molecular formula is C14H13ClN2O4S. The molecule has 0 aliphatic rings. The fourth-order valence-corrected chi connectivity index (χ4v) is 3.27. The lowest BCUT2D eigenvalue weighted by Gasteiger charge is -2.12. The van der Waals surface area contributed by atoms with Gasteiger partial charge in [-0.2, -0.15) is 5.10 Å². The van der Waals surface area contributed by atoms with E-state index in [1.807, 2.05) is 0 Å². The average Bonchev–Trinajstić information content (AvgIpc) is 2.40. The summed E-state index contributed by atoms with van der Waals surface area (Å²) in [4.78, 5) is 23.5. The largest absolute Gasteiger partial charge is 0.294 e. The molecule has 0 N–H and O–H groups in total. The standard InChI is InChI=1S/C14H13ClN2O4S/c1-8(18)11-12(9-4-6-10(15)7-5-9)16-17(2)14(19)13(11)22(3,20)21/h4-7H,1-3H3. The molecule has 0 aliphatic carbocycles. The molecule has 0 fully saturated rings. The normalized spacial score (nSPS) is 11.5. The summed E-state index contributed by atoms with van der Waals surface area (Å²) in [7, 11) is -2.56. The second-order valence-electron chi connectivity index (χ2n) is 4.82. The van der Waals surface area contributed by atoms with Crippen molar-refractivity contribution in [3.63, 3.8) is 0 Å². The molecular weight excluding hydrogens is 328 g/mol. The maximum absolute atomic E-state index is 12.1. The zero-order valence-corrected chi connectivity index (χ0v) is 13.7. The molecule has 22 heavy (non-hydrogen) atoms. The number of benzene rings is 1. The highest BCUT2D eigenvalue weighted by Gasteiger charge is 2.27. The van der Waals surface area contributed by atoms with E-state index in [1.54, 1.807) is 24.3 Å². The number of hydrogen-bond donors (Lipinski definition) is 0. The van der Waals surface area contributed by atoms with E-state index >= 15 is 0 Å². The highest BCUT2D eigenvalue weighted by atomic mass is 35.5. The van der Waals surface area contributed by atoms with Gasteiger partial charge in [0.2, 0.25) is 0 Å². The first-order valence-electron chi connectivity index (χ1n) is 6.21. The molecule has 0 bridgehead atoms. The number of Topliss-reactive ketones (excluding diaryl/α,β-unsaturated/α-hetero) is 1. The van der Waals surface area contributed by atoms with Gasteiger partial charge in [-0.1, -0.05) is 23.7 Å². The first-order chi connectivity index (χ1) is 10.1. The van der Waals surface area contributed by atoms with Gasteiger partial charge in [0, 0.05) is 23.9 Å². The molecule has 0 aliphatic heterocycles. The van der Waals surface area contributed by atoms with Crippen LogP contribution in [0.15, 0.2) is 34.0 Å². The lowest BCUT2D eigenvalue weighted by molar-refractivity contribution is 0.101. The lowest BCUT2D eigenvalue weighted by Crippen LogP contribution is -2.29. The average molecular weight is 341 g/mol. The zero-order valence-electron chi connectivity index (χ0n) is 12.1. The van der Waals surface area contributed by atoms with Crippen molar-refractivity contribution in [1.82, 2.24) is 9.78 Å². The van der Waals surface area contributed by atoms with Crippen molar-refractivity contribution in [2.24, 2.45) is 7.05 Å². The SMILES string of the molecule is CC(=O)c1c(-c2ccc(Cl)cc2)nn(C)c(=O)c1S(C)(=O)=O. The lowest BCUT2D eigenvalue weighted by atomic mass is 10.0. The fourth-order valence-electron chi connectivity index (χ4n) is 2.09. The topological polar surface area (TPSA) is 86.1 Å². The summed E-state index contributed by atoms with van der Waals surface area (Å²) in [6.45, 7) is 1.20. The van der Waals surface area contributed by atoms with Gasteiger partial charge in [-0.3, -0.25) is 9.59 Å². The first kappa shape index (κ1) is 16.4. The molecule has 8 heteroatoms. The van der Waals surface area contributed by atoms with Gasteiger partial charge in [0.05, 0.1) is 5.56 Å². The Balaban J connectivity index is 2.97. The van der Waals surface area contributed by atoms with Crippen molar-refractivity contribution >= 4 is 27.2 Å². The Kier molecular flexibility index (Phi) is 4.21. The van der Waals surface area contributed by atoms with E-state index in [0.29, 0.717) is 10.6 Å². The van der Waals surface area contributed by atoms with Crippen molar-refractivity contribution in [3.8, 4) is 11.3 Å². The summed E-state index contributed by atoms with van der Waals surface area (Å²) in [5.74, 6) is -0.546. The first-order valence-corrected chi connectivity index (χ1v) is 8.48. The van der Waals surface area contributed by atoms with Crippen molar-refractivity contribution in [2.75, 3.05) is 6.26 Å². The molecule has 0 atom stereocenters. The second kappa shape index (κ2) is 5.66. The Hall–Kier alpha value is -1.99. The van der Waals surface area contributed by atoms with Crippen LogP contribution in [0.1, 0.15) is 17.3 Å². The molecule has 1 heterocycles. The van der Waals surface area contributed by atoms with Crippen LogP contribution in [0.4, 0.5) is 0 Å². The van der Waals surface area contributed by atoms with Crippen LogP contribution in [-0.2, 0) is 16.9 Å². The predicted molar refractivity (Wildman–Crippen MR) is 83.0 cm³/mol. The van der Waals surface area contributed by atoms with Crippen LogP contribution in [0.3, 0.4) is 0 Å². The number of rotatable bonds is 3.